The van der Waals surface area contributed by atoms with Crippen LogP contribution in [0.2, 0.25) is 0 Å². The summed E-state index contributed by atoms with van der Waals surface area (Å²) >= 11 is 0. The van der Waals surface area contributed by atoms with Gasteiger partial charge in [-0.25, -0.2) is 0 Å². The number of nitrogens with one attached hydrogen (secondary N) is 1. The summed E-state index contributed by atoms with van der Waals surface area (Å²) in [5.74, 6) is 0. The van der Waals surface area contributed by atoms with E-state index >= 15 is 0 Å². The van der Waals surface area contributed by atoms with Crippen molar-refractivity contribution in [2.75, 3.05) is 20.3 Å². The Morgan fingerprint density at radius 3 is 2.85 bits per heavy atom. The van der Waals surface area contributed by atoms with Gasteiger partial charge in [-0.15, -0.1) is 0 Å². The summed E-state index contributed by atoms with van der Waals surface area (Å²) in [5.41, 5.74) is 2.33. The van der Waals surface area contributed by atoms with Crippen molar-refractivity contribution in [2.24, 2.45) is 0 Å². The highest BCUT2D eigenvalue weighted by Crippen LogP contribution is 2.03. The number of hydrogen-bond donors (Lipinski definition) is 2. The Morgan fingerprint density at radius 2 is 2.10 bits per heavy atom. The molecule has 0 aliphatic carbocycles. The Bertz CT molecular complexity index is 499. The van der Waals surface area contributed by atoms with Crippen LogP contribution < -0.4 is 5.32 Å². The molecule has 20 heavy (non-hydrogen) atoms. The van der Waals surface area contributed by atoms with Gasteiger partial charge in [0.15, 0.2) is 0 Å². The maximum Gasteiger partial charge on any atom is 0.0897 e. The van der Waals surface area contributed by atoms with Gasteiger partial charge in [0.2, 0.25) is 0 Å². The molecule has 0 spiro atoms. The van der Waals surface area contributed by atoms with Crippen LogP contribution >= 0.6 is 0 Å². The summed E-state index contributed by atoms with van der Waals surface area (Å²) < 4.78 is 6.79. The van der Waals surface area contributed by atoms with E-state index in [1.54, 1.807) is 7.11 Å². The lowest BCUT2D eigenvalue weighted by molar-refractivity contribution is 0.0644. The van der Waals surface area contributed by atoms with E-state index in [4.69, 9.17) is 4.74 Å². The van der Waals surface area contributed by atoms with Crippen molar-refractivity contribution in [2.45, 2.75) is 19.2 Å². The molecule has 0 aliphatic heterocycles. The van der Waals surface area contributed by atoms with E-state index in [-0.39, 0.29) is 0 Å². The Morgan fingerprint density at radius 1 is 1.30 bits per heavy atom. The standard InChI is InChI=1S/C15H21N3O2/c1-20-12-15(19)9-16-7-14-8-17-18(11-14)10-13-5-3-2-4-6-13/h2-6,8,11,15-16,19H,7,9-10,12H2,1H3. The second-order valence-corrected chi connectivity index (χ2v) is 4.77. The average molecular weight is 275 g/mol. The molecule has 108 valence electrons. The molecule has 1 aromatic heterocycles. The van der Waals surface area contributed by atoms with Crippen molar-refractivity contribution < 1.29 is 9.84 Å². The van der Waals surface area contributed by atoms with Gasteiger partial charge in [0.1, 0.15) is 0 Å². The minimum atomic E-state index is -0.473. The van der Waals surface area contributed by atoms with Crippen molar-refractivity contribution in [1.29, 1.82) is 0 Å². The van der Waals surface area contributed by atoms with E-state index in [0.717, 1.165) is 12.1 Å². The first-order valence-corrected chi connectivity index (χ1v) is 6.71. The molecule has 2 aromatic rings. The fourth-order valence-electron chi connectivity index (χ4n) is 1.99. The molecule has 1 heterocycles. The number of aromatic nitrogens is 2. The molecule has 0 amide bonds. The van der Waals surface area contributed by atoms with E-state index in [1.165, 1.54) is 5.56 Å². The van der Waals surface area contributed by atoms with Gasteiger partial charge < -0.3 is 15.2 Å². The van der Waals surface area contributed by atoms with Gasteiger partial charge in [-0.2, -0.15) is 5.10 Å². The van der Waals surface area contributed by atoms with E-state index < -0.39 is 6.10 Å². The van der Waals surface area contributed by atoms with Crippen molar-refractivity contribution in [3.63, 3.8) is 0 Å². The van der Waals surface area contributed by atoms with Gasteiger partial charge in [-0.1, -0.05) is 30.3 Å². The molecule has 0 radical (unpaired) electrons. The largest absolute Gasteiger partial charge is 0.389 e. The van der Waals surface area contributed by atoms with Crippen molar-refractivity contribution in [3.8, 4) is 0 Å². The molecule has 0 aliphatic rings. The van der Waals surface area contributed by atoms with Crippen molar-refractivity contribution >= 4 is 0 Å². The maximum atomic E-state index is 9.52. The molecule has 0 bridgehead atoms. The van der Waals surface area contributed by atoms with Gasteiger partial charge >= 0.3 is 0 Å². The zero-order valence-electron chi connectivity index (χ0n) is 11.7. The molecular weight excluding hydrogens is 254 g/mol. The third kappa shape index (κ3) is 4.77. The summed E-state index contributed by atoms with van der Waals surface area (Å²) in [4.78, 5) is 0. The van der Waals surface area contributed by atoms with Crippen LogP contribution in [0.5, 0.6) is 0 Å². The fraction of sp³-hybridized carbons (Fsp3) is 0.400. The fourth-order valence-corrected chi connectivity index (χ4v) is 1.99. The molecule has 2 rings (SSSR count). The molecule has 1 atom stereocenters. The van der Waals surface area contributed by atoms with E-state index in [2.05, 4.69) is 22.5 Å². The third-order valence-corrected chi connectivity index (χ3v) is 2.94. The van der Waals surface area contributed by atoms with Crippen LogP contribution in [0.1, 0.15) is 11.1 Å². The molecule has 1 unspecified atom stereocenters. The van der Waals surface area contributed by atoms with Gasteiger partial charge in [0.05, 0.1) is 25.5 Å². The van der Waals surface area contributed by atoms with Gasteiger partial charge in [0.25, 0.3) is 0 Å². The SMILES string of the molecule is COCC(O)CNCc1cnn(Cc2ccccc2)c1. The number of benzene rings is 1. The van der Waals surface area contributed by atoms with Crippen molar-refractivity contribution in [1.82, 2.24) is 15.1 Å². The number of hydrogen-bond acceptors (Lipinski definition) is 4. The Kier molecular flexibility index (Phi) is 5.73. The van der Waals surface area contributed by atoms with Crippen LogP contribution in [-0.2, 0) is 17.8 Å². The first-order valence-electron chi connectivity index (χ1n) is 6.71. The number of rotatable bonds is 8. The molecule has 5 nitrogen and oxygen atoms in total. The summed E-state index contributed by atoms with van der Waals surface area (Å²) in [5, 5.41) is 17.0. The highest BCUT2D eigenvalue weighted by Gasteiger charge is 2.03. The lowest BCUT2D eigenvalue weighted by atomic mass is 10.2. The van der Waals surface area contributed by atoms with Crippen LogP contribution in [0.4, 0.5) is 0 Å². The van der Waals surface area contributed by atoms with Gasteiger partial charge in [-0.3, -0.25) is 4.68 Å². The third-order valence-electron chi connectivity index (χ3n) is 2.94. The first-order chi connectivity index (χ1) is 9.78. The molecule has 0 saturated heterocycles. The zero-order valence-corrected chi connectivity index (χ0v) is 11.7. The Hall–Kier alpha value is -1.69. The van der Waals surface area contributed by atoms with Crippen molar-refractivity contribution in [3.05, 3.63) is 53.9 Å². The maximum absolute atomic E-state index is 9.52. The monoisotopic (exact) mass is 275 g/mol. The summed E-state index contributed by atoms with van der Waals surface area (Å²) in [6.45, 7) is 2.32. The minimum Gasteiger partial charge on any atom is -0.389 e. The zero-order chi connectivity index (χ0) is 14.2. The minimum absolute atomic E-state index is 0.347. The molecule has 0 saturated carbocycles. The predicted octanol–water partition coefficient (Wildman–Crippen LogP) is 1.03. The van der Waals surface area contributed by atoms with Crippen LogP contribution in [0.25, 0.3) is 0 Å². The lowest BCUT2D eigenvalue weighted by Gasteiger charge is -2.09. The van der Waals surface area contributed by atoms with Crippen LogP contribution in [0, 0.1) is 0 Å². The smallest absolute Gasteiger partial charge is 0.0897 e. The molecule has 2 N–H and O–H groups in total. The summed E-state index contributed by atoms with van der Waals surface area (Å²) in [6.07, 6.45) is 3.39. The number of nitrogens with zero attached hydrogens (tertiary/aromatic N) is 2. The summed E-state index contributed by atoms with van der Waals surface area (Å²) in [7, 11) is 1.58. The number of ether oxygens (including phenoxy) is 1. The molecule has 1 aromatic carbocycles. The molecule has 0 fully saturated rings. The average Bonchev–Trinajstić information content (AvgIpc) is 2.88. The quantitative estimate of drug-likeness (QED) is 0.755. The second-order valence-electron chi connectivity index (χ2n) is 4.77. The van der Waals surface area contributed by atoms with E-state index in [1.807, 2.05) is 35.3 Å². The van der Waals surface area contributed by atoms with Crippen LogP contribution in [0.3, 0.4) is 0 Å². The van der Waals surface area contributed by atoms with Gasteiger partial charge in [-0.05, 0) is 5.56 Å². The number of methoxy groups -OCH3 is 1. The van der Waals surface area contributed by atoms with E-state index in [0.29, 0.717) is 19.7 Å². The Balaban J connectivity index is 1.78. The highest BCUT2D eigenvalue weighted by molar-refractivity contribution is 5.15. The topological polar surface area (TPSA) is 59.3 Å². The normalized spacial score (nSPS) is 12.5. The number of aliphatic hydroxyl groups excluding tert-OH is 1. The molecular formula is C15H21N3O2. The predicted molar refractivity (Wildman–Crippen MR) is 77.4 cm³/mol. The highest BCUT2D eigenvalue weighted by atomic mass is 16.5. The van der Waals surface area contributed by atoms with Crippen LogP contribution in [0.15, 0.2) is 42.7 Å². The number of aliphatic hydroxyl groups is 1. The van der Waals surface area contributed by atoms with Crippen LogP contribution in [-0.4, -0.2) is 41.3 Å². The second kappa shape index (κ2) is 7.79. The molecule has 5 heteroatoms. The van der Waals surface area contributed by atoms with Gasteiger partial charge in [0, 0.05) is 32.0 Å². The first kappa shape index (κ1) is 14.7. The summed E-state index contributed by atoms with van der Waals surface area (Å²) in [6, 6.07) is 10.2. The van der Waals surface area contributed by atoms with E-state index in [9.17, 15) is 5.11 Å². The lowest BCUT2D eigenvalue weighted by Crippen LogP contribution is -2.29. The Labute approximate surface area is 119 Å².